The normalized spacial score (nSPS) is 28.4. The number of nitrogens with one attached hydrogen (secondary N) is 1. The molecule has 1 rings (SSSR count). The highest BCUT2D eigenvalue weighted by Gasteiger charge is 2.21. The standard InChI is InChI=1S/C13H27NS/c1-3-11-14-12-9-7-5-6-8-10-13(12)15-4-2/h12-14H,3-11H2,1-2H3. The van der Waals surface area contributed by atoms with E-state index in [0.29, 0.717) is 0 Å². The molecule has 1 fully saturated rings. The van der Waals surface area contributed by atoms with Crippen molar-refractivity contribution in [1.82, 2.24) is 5.32 Å². The van der Waals surface area contributed by atoms with Gasteiger partial charge in [0.05, 0.1) is 0 Å². The fourth-order valence-electron chi connectivity index (χ4n) is 2.43. The van der Waals surface area contributed by atoms with Gasteiger partial charge in [0.25, 0.3) is 0 Å². The van der Waals surface area contributed by atoms with Crippen LogP contribution in [0.25, 0.3) is 0 Å². The molecule has 2 atom stereocenters. The zero-order valence-electron chi connectivity index (χ0n) is 10.4. The van der Waals surface area contributed by atoms with E-state index in [0.717, 1.165) is 11.3 Å². The first-order valence-corrected chi connectivity index (χ1v) is 7.78. The molecule has 0 spiro atoms. The van der Waals surface area contributed by atoms with Crippen molar-refractivity contribution in [3.05, 3.63) is 0 Å². The van der Waals surface area contributed by atoms with Crippen molar-refractivity contribution in [3.8, 4) is 0 Å². The smallest absolute Gasteiger partial charge is 0.0201 e. The van der Waals surface area contributed by atoms with E-state index in [1.165, 1.54) is 57.2 Å². The first-order valence-electron chi connectivity index (χ1n) is 6.73. The van der Waals surface area contributed by atoms with Crippen molar-refractivity contribution in [2.45, 2.75) is 70.1 Å². The molecule has 1 aliphatic rings. The highest BCUT2D eigenvalue weighted by atomic mass is 32.2. The summed E-state index contributed by atoms with van der Waals surface area (Å²) in [6, 6.07) is 0.787. The lowest BCUT2D eigenvalue weighted by Crippen LogP contribution is -2.39. The van der Waals surface area contributed by atoms with Crippen LogP contribution in [0, 0.1) is 0 Å². The number of hydrogen-bond acceptors (Lipinski definition) is 2. The van der Waals surface area contributed by atoms with E-state index in [2.05, 4.69) is 30.9 Å². The first-order chi connectivity index (χ1) is 7.38. The van der Waals surface area contributed by atoms with Gasteiger partial charge >= 0.3 is 0 Å². The molecule has 0 bridgehead atoms. The minimum Gasteiger partial charge on any atom is -0.313 e. The van der Waals surface area contributed by atoms with Gasteiger partial charge in [0.2, 0.25) is 0 Å². The Balaban J connectivity index is 2.40. The highest BCUT2D eigenvalue weighted by molar-refractivity contribution is 7.99. The van der Waals surface area contributed by atoms with Crippen LogP contribution in [0.3, 0.4) is 0 Å². The summed E-state index contributed by atoms with van der Waals surface area (Å²) < 4.78 is 0. The highest BCUT2D eigenvalue weighted by Crippen LogP contribution is 2.27. The van der Waals surface area contributed by atoms with E-state index < -0.39 is 0 Å². The van der Waals surface area contributed by atoms with Gasteiger partial charge in [0, 0.05) is 11.3 Å². The van der Waals surface area contributed by atoms with E-state index in [4.69, 9.17) is 0 Å². The number of rotatable bonds is 5. The van der Waals surface area contributed by atoms with Gasteiger partial charge in [0.15, 0.2) is 0 Å². The molecule has 0 saturated heterocycles. The minimum absolute atomic E-state index is 0.787. The predicted molar refractivity (Wildman–Crippen MR) is 71.7 cm³/mol. The third-order valence-corrected chi connectivity index (χ3v) is 4.57. The van der Waals surface area contributed by atoms with E-state index in [1.807, 2.05) is 0 Å². The fraction of sp³-hybridized carbons (Fsp3) is 1.00. The predicted octanol–water partition coefficient (Wildman–Crippen LogP) is 3.83. The lowest BCUT2D eigenvalue weighted by atomic mass is 9.96. The van der Waals surface area contributed by atoms with Gasteiger partial charge in [0.1, 0.15) is 0 Å². The molecule has 2 unspecified atom stereocenters. The van der Waals surface area contributed by atoms with Crippen molar-refractivity contribution in [3.63, 3.8) is 0 Å². The quantitative estimate of drug-likeness (QED) is 0.769. The third kappa shape index (κ3) is 5.26. The SMILES string of the molecule is CCCNC1CCCCCCC1SCC. The summed E-state index contributed by atoms with van der Waals surface area (Å²) >= 11 is 2.17. The zero-order valence-corrected chi connectivity index (χ0v) is 11.2. The zero-order chi connectivity index (χ0) is 10.9. The van der Waals surface area contributed by atoms with Crippen LogP contribution >= 0.6 is 11.8 Å². The van der Waals surface area contributed by atoms with Crippen LogP contribution in [-0.2, 0) is 0 Å². The maximum Gasteiger partial charge on any atom is 0.0201 e. The minimum atomic E-state index is 0.787. The summed E-state index contributed by atoms with van der Waals surface area (Å²) in [5, 5.41) is 4.63. The lowest BCUT2D eigenvalue weighted by molar-refractivity contribution is 0.400. The van der Waals surface area contributed by atoms with Crippen molar-refractivity contribution < 1.29 is 0 Å². The van der Waals surface area contributed by atoms with Crippen LogP contribution in [0.1, 0.15) is 58.8 Å². The van der Waals surface area contributed by atoms with E-state index in [1.54, 1.807) is 0 Å². The van der Waals surface area contributed by atoms with Gasteiger partial charge in [-0.25, -0.2) is 0 Å². The average molecular weight is 229 g/mol. The number of thioether (sulfide) groups is 1. The Labute approximate surface area is 99.8 Å². The molecule has 15 heavy (non-hydrogen) atoms. The molecule has 2 heteroatoms. The second-order valence-electron chi connectivity index (χ2n) is 4.55. The van der Waals surface area contributed by atoms with Gasteiger partial charge in [-0.05, 0) is 31.6 Å². The maximum absolute atomic E-state index is 3.75. The molecular formula is C13H27NS. The molecule has 90 valence electrons. The van der Waals surface area contributed by atoms with Crippen LogP contribution < -0.4 is 5.32 Å². The molecule has 0 aromatic rings. The van der Waals surface area contributed by atoms with Crippen molar-refractivity contribution in [2.75, 3.05) is 12.3 Å². The fourth-order valence-corrected chi connectivity index (χ4v) is 3.65. The molecule has 0 heterocycles. The summed E-state index contributed by atoms with van der Waals surface area (Å²) in [4.78, 5) is 0. The van der Waals surface area contributed by atoms with E-state index in [-0.39, 0.29) is 0 Å². The molecule has 0 aromatic heterocycles. The van der Waals surface area contributed by atoms with Crippen LogP contribution in [0.5, 0.6) is 0 Å². The van der Waals surface area contributed by atoms with Gasteiger partial charge in [-0.1, -0.05) is 39.5 Å². The number of hydrogen-bond donors (Lipinski definition) is 1. The largest absolute Gasteiger partial charge is 0.313 e. The molecule has 0 amide bonds. The Morgan fingerprint density at radius 2 is 1.80 bits per heavy atom. The van der Waals surface area contributed by atoms with E-state index >= 15 is 0 Å². The molecule has 0 aromatic carbocycles. The second kappa shape index (κ2) is 8.46. The van der Waals surface area contributed by atoms with Crippen LogP contribution in [0.15, 0.2) is 0 Å². The van der Waals surface area contributed by atoms with Crippen LogP contribution in [0.2, 0.25) is 0 Å². The van der Waals surface area contributed by atoms with Crippen molar-refractivity contribution in [1.29, 1.82) is 0 Å². The third-order valence-electron chi connectivity index (χ3n) is 3.24. The second-order valence-corrected chi connectivity index (χ2v) is 6.06. The molecule has 1 nitrogen and oxygen atoms in total. The lowest BCUT2D eigenvalue weighted by Gasteiger charge is -2.29. The van der Waals surface area contributed by atoms with Crippen molar-refractivity contribution in [2.24, 2.45) is 0 Å². The Morgan fingerprint density at radius 3 is 2.47 bits per heavy atom. The molecule has 0 aliphatic heterocycles. The average Bonchev–Trinajstić information content (AvgIpc) is 2.22. The first kappa shape index (κ1) is 13.4. The molecule has 1 saturated carbocycles. The van der Waals surface area contributed by atoms with Crippen LogP contribution in [-0.4, -0.2) is 23.6 Å². The summed E-state index contributed by atoms with van der Waals surface area (Å²) in [5.41, 5.74) is 0. The molecular weight excluding hydrogens is 202 g/mol. The molecule has 1 aliphatic carbocycles. The van der Waals surface area contributed by atoms with Gasteiger partial charge in [-0.3, -0.25) is 0 Å². The van der Waals surface area contributed by atoms with Crippen molar-refractivity contribution >= 4 is 11.8 Å². The Hall–Kier alpha value is 0.310. The summed E-state index contributed by atoms with van der Waals surface area (Å²) in [6.07, 6.45) is 9.89. The van der Waals surface area contributed by atoms with Gasteiger partial charge in [-0.2, -0.15) is 11.8 Å². The Bertz CT molecular complexity index is 147. The van der Waals surface area contributed by atoms with Gasteiger partial charge in [-0.15, -0.1) is 0 Å². The summed E-state index contributed by atoms with van der Waals surface area (Å²) in [5.74, 6) is 1.27. The molecule has 0 radical (unpaired) electrons. The Morgan fingerprint density at radius 1 is 1.07 bits per heavy atom. The molecule has 1 N–H and O–H groups in total. The maximum atomic E-state index is 3.75. The Kier molecular flexibility index (Phi) is 7.54. The summed E-state index contributed by atoms with van der Waals surface area (Å²) in [7, 11) is 0. The van der Waals surface area contributed by atoms with E-state index in [9.17, 15) is 0 Å². The monoisotopic (exact) mass is 229 g/mol. The van der Waals surface area contributed by atoms with Crippen LogP contribution in [0.4, 0.5) is 0 Å². The van der Waals surface area contributed by atoms with Gasteiger partial charge < -0.3 is 5.32 Å². The summed E-state index contributed by atoms with van der Waals surface area (Å²) in [6.45, 7) is 5.75. The topological polar surface area (TPSA) is 12.0 Å².